The highest BCUT2D eigenvalue weighted by atomic mass is 32.2. The van der Waals surface area contributed by atoms with E-state index in [-0.39, 0.29) is 37.4 Å². The summed E-state index contributed by atoms with van der Waals surface area (Å²) in [4.78, 5) is 29.1. The highest BCUT2D eigenvalue weighted by Crippen LogP contribution is 2.42. The zero-order chi connectivity index (χ0) is 28.3. The molecular weight excluding hydrogens is 526 g/mol. The molecule has 8 nitrogen and oxygen atoms in total. The van der Waals surface area contributed by atoms with Crippen LogP contribution in [-0.2, 0) is 26.2 Å². The van der Waals surface area contributed by atoms with Gasteiger partial charge in [0.2, 0.25) is 11.8 Å². The Morgan fingerprint density at radius 2 is 1.80 bits per heavy atom. The number of carbonyl (C=O) groups excluding carboxylic acids is 2. The van der Waals surface area contributed by atoms with Crippen LogP contribution in [-0.4, -0.2) is 50.9 Å². The topological polar surface area (TPSA) is 96.0 Å². The number of ether oxygens (including phenoxy) is 1. The van der Waals surface area contributed by atoms with Crippen LogP contribution in [0.25, 0.3) is 10.8 Å². The number of anilines is 1. The van der Waals surface area contributed by atoms with Crippen molar-refractivity contribution in [1.82, 2.24) is 10.2 Å². The van der Waals surface area contributed by atoms with Crippen molar-refractivity contribution in [2.75, 3.05) is 18.0 Å². The van der Waals surface area contributed by atoms with Crippen molar-refractivity contribution >= 4 is 38.3 Å². The molecule has 0 unspecified atom stereocenters. The van der Waals surface area contributed by atoms with Crippen LogP contribution in [0.15, 0.2) is 65.6 Å². The van der Waals surface area contributed by atoms with E-state index < -0.39 is 16.1 Å². The molecule has 1 aliphatic heterocycles. The number of hydrogen-bond acceptors (Lipinski definition) is 5. The highest BCUT2D eigenvalue weighted by Gasteiger charge is 2.36. The van der Waals surface area contributed by atoms with Gasteiger partial charge in [-0.2, -0.15) is 0 Å². The molecule has 212 valence electrons. The van der Waals surface area contributed by atoms with Crippen LogP contribution in [0.2, 0.25) is 0 Å². The molecule has 9 heteroatoms. The third kappa shape index (κ3) is 5.52. The maximum absolute atomic E-state index is 13.7. The van der Waals surface area contributed by atoms with Gasteiger partial charge in [-0.25, -0.2) is 8.42 Å². The third-order valence-corrected chi connectivity index (χ3v) is 9.86. The summed E-state index contributed by atoms with van der Waals surface area (Å²) in [7, 11) is -2.10. The van der Waals surface area contributed by atoms with E-state index in [2.05, 4.69) is 5.32 Å². The minimum absolute atomic E-state index is 0.121. The minimum atomic E-state index is -3.69. The number of benzene rings is 3. The van der Waals surface area contributed by atoms with Crippen molar-refractivity contribution in [3.05, 3.63) is 66.2 Å². The predicted octanol–water partition coefficient (Wildman–Crippen LogP) is 5.00. The lowest BCUT2D eigenvalue weighted by Gasteiger charge is -2.32. The molecule has 0 spiro atoms. The first-order valence-corrected chi connectivity index (χ1v) is 15.5. The van der Waals surface area contributed by atoms with E-state index in [1.54, 1.807) is 24.1 Å². The Balaban J connectivity index is 1.33. The van der Waals surface area contributed by atoms with Crippen molar-refractivity contribution in [2.45, 2.75) is 75.4 Å². The van der Waals surface area contributed by atoms with E-state index in [1.807, 2.05) is 55.5 Å². The van der Waals surface area contributed by atoms with Crippen molar-refractivity contribution in [1.29, 1.82) is 0 Å². The number of rotatable bonds is 11. The number of amides is 2. The molecule has 0 aromatic heterocycles. The second kappa shape index (κ2) is 11.9. The fraction of sp³-hybridized carbons (Fsp3) is 0.419. The van der Waals surface area contributed by atoms with Crippen LogP contribution < -0.4 is 14.4 Å². The molecule has 5 rings (SSSR count). The molecule has 1 N–H and O–H groups in total. The average Bonchev–Trinajstić information content (AvgIpc) is 3.54. The van der Waals surface area contributed by atoms with Gasteiger partial charge in [-0.15, -0.1) is 0 Å². The number of sulfonamides is 1. The average molecular weight is 564 g/mol. The maximum Gasteiger partial charge on any atom is 0.265 e. The second-order valence-electron chi connectivity index (χ2n) is 10.6. The first kappa shape index (κ1) is 28.0. The Bertz CT molecular complexity index is 1490. The van der Waals surface area contributed by atoms with E-state index in [0.717, 1.165) is 42.0 Å². The highest BCUT2D eigenvalue weighted by molar-refractivity contribution is 7.93. The van der Waals surface area contributed by atoms with Gasteiger partial charge in [-0.1, -0.05) is 56.2 Å². The fourth-order valence-corrected chi connectivity index (χ4v) is 7.72. The van der Waals surface area contributed by atoms with Gasteiger partial charge in [0.25, 0.3) is 10.0 Å². The minimum Gasteiger partial charge on any atom is -0.497 e. The lowest BCUT2D eigenvalue weighted by molar-refractivity contribution is -0.141. The van der Waals surface area contributed by atoms with Gasteiger partial charge in [-0.3, -0.25) is 13.9 Å². The molecule has 2 aliphatic rings. The molecule has 1 fully saturated rings. The standard InChI is InChI=1S/C31H37N3O5S/c1-3-26(31(36)32-24-13-4-5-14-24)33(21-22-10-6-15-25(20-22)39-2)29(35)18-9-19-34-27-16-7-11-23-12-8-17-28(30(23)27)40(34,37)38/h6-8,10-12,15-17,20,24,26H,3-5,9,13-14,18-19,21H2,1-2H3,(H,32,36)/t26-/m0/s1. The normalized spacial score (nSPS) is 16.7. The van der Waals surface area contributed by atoms with E-state index in [1.165, 1.54) is 4.31 Å². The van der Waals surface area contributed by atoms with Gasteiger partial charge in [0.1, 0.15) is 11.8 Å². The summed E-state index contributed by atoms with van der Waals surface area (Å²) in [5.74, 6) is 0.375. The molecule has 3 aromatic carbocycles. The number of hydrogen-bond donors (Lipinski definition) is 1. The molecule has 1 saturated carbocycles. The van der Waals surface area contributed by atoms with Gasteiger partial charge in [0.05, 0.1) is 17.7 Å². The zero-order valence-electron chi connectivity index (χ0n) is 23.1. The zero-order valence-corrected chi connectivity index (χ0v) is 24.0. The van der Waals surface area contributed by atoms with E-state index in [9.17, 15) is 18.0 Å². The lowest BCUT2D eigenvalue weighted by atomic mass is 10.1. The Kier molecular flexibility index (Phi) is 8.30. The summed E-state index contributed by atoms with van der Waals surface area (Å²) in [5.41, 5.74) is 1.51. The summed E-state index contributed by atoms with van der Waals surface area (Å²) in [6, 6.07) is 17.9. The van der Waals surface area contributed by atoms with Gasteiger partial charge < -0.3 is 15.0 Å². The molecule has 0 saturated heterocycles. The van der Waals surface area contributed by atoms with Crippen LogP contribution >= 0.6 is 0 Å². The van der Waals surface area contributed by atoms with Gasteiger partial charge in [0.15, 0.2) is 0 Å². The first-order chi connectivity index (χ1) is 19.3. The number of nitrogens with one attached hydrogen (secondary N) is 1. The predicted molar refractivity (Wildman–Crippen MR) is 156 cm³/mol. The van der Waals surface area contributed by atoms with Crippen LogP contribution in [0.1, 0.15) is 57.4 Å². The Morgan fingerprint density at radius 1 is 1.07 bits per heavy atom. The molecule has 40 heavy (non-hydrogen) atoms. The van der Waals surface area contributed by atoms with Crippen molar-refractivity contribution in [3.8, 4) is 5.75 Å². The fourth-order valence-electron chi connectivity index (χ4n) is 5.97. The third-order valence-electron chi connectivity index (χ3n) is 8.01. The first-order valence-electron chi connectivity index (χ1n) is 14.1. The molecule has 1 heterocycles. The van der Waals surface area contributed by atoms with Crippen LogP contribution in [0.3, 0.4) is 0 Å². The summed E-state index contributed by atoms with van der Waals surface area (Å²) >= 11 is 0. The second-order valence-corrected chi connectivity index (χ2v) is 12.4. The van der Waals surface area contributed by atoms with E-state index >= 15 is 0 Å². The van der Waals surface area contributed by atoms with Crippen LogP contribution in [0.5, 0.6) is 5.75 Å². The Labute approximate surface area is 236 Å². The van der Waals surface area contributed by atoms with Crippen molar-refractivity contribution < 1.29 is 22.7 Å². The monoisotopic (exact) mass is 563 g/mol. The molecule has 0 bridgehead atoms. The summed E-state index contributed by atoms with van der Waals surface area (Å²) in [6.07, 6.45) is 5.06. The molecule has 3 aromatic rings. The lowest BCUT2D eigenvalue weighted by Crippen LogP contribution is -2.51. The summed E-state index contributed by atoms with van der Waals surface area (Å²) < 4.78 is 33.5. The van der Waals surface area contributed by atoms with Crippen molar-refractivity contribution in [2.24, 2.45) is 0 Å². The van der Waals surface area contributed by atoms with E-state index in [4.69, 9.17) is 4.74 Å². The maximum atomic E-state index is 13.7. The molecule has 0 radical (unpaired) electrons. The molecule has 2 amide bonds. The Hall–Kier alpha value is -3.59. The van der Waals surface area contributed by atoms with Gasteiger partial charge >= 0.3 is 0 Å². The molecular formula is C31H37N3O5S. The SMILES string of the molecule is CC[C@@H](C(=O)NC1CCCC1)N(Cc1cccc(OC)c1)C(=O)CCCN1c2cccc3cccc(c23)S1(=O)=O. The van der Waals surface area contributed by atoms with Crippen LogP contribution in [0, 0.1) is 0 Å². The van der Waals surface area contributed by atoms with Crippen molar-refractivity contribution in [3.63, 3.8) is 0 Å². The van der Waals surface area contributed by atoms with Gasteiger partial charge in [0, 0.05) is 30.9 Å². The summed E-state index contributed by atoms with van der Waals surface area (Å²) in [6.45, 7) is 2.36. The van der Waals surface area contributed by atoms with E-state index in [0.29, 0.717) is 29.2 Å². The molecule has 1 aliphatic carbocycles. The number of nitrogens with zero attached hydrogens (tertiary/aromatic N) is 2. The number of methoxy groups -OCH3 is 1. The largest absolute Gasteiger partial charge is 0.497 e. The quantitative estimate of drug-likeness (QED) is 0.354. The smallest absolute Gasteiger partial charge is 0.265 e. The van der Waals surface area contributed by atoms with Crippen LogP contribution in [0.4, 0.5) is 5.69 Å². The summed E-state index contributed by atoms with van der Waals surface area (Å²) in [5, 5.41) is 4.76. The Morgan fingerprint density at radius 3 is 2.52 bits per heavy atom. The molecule has 1 atom stereocenters. The van der Waals surface area contributed by atoms with Gasteiger partial charge in [-0.05, 0) is 60.9 Å². The number of carbonyl (C=O) groups is 2.